The van der Waals surface area contributed by atoms with Crippen LogP contribution in [-0.4, -0.2) is 25.2 Å². The van der Waals surface area contributed by atoms with Crippen molar-refractivity contribution in [3.05, 3.63) is 29.3 Å². The summed E-state index contributed by atoms with van der Waals surface area (Å²) in [6.07, 6.45) is 0.450. The van der Waals surface area contributed by atoms with Gasteiger partial charge in [0.25, 0.3) is 0 Å². The smallest absolute Gasteiger partial charge is 0.323 e. The average Bonchev–Trinajstić information content (AvgIpc) is 2.27. The van der Waals surface area contributed by atoms with Crippen molar-refractivity contribution in [2.24, 2.45) is 5.73 Å². The lowest BCUT2D eigenvalue weighted by Crippen LogP contribution is -2.33. The van der Waals surface area contributed by atoms with Gasteiger partial charge in [-0.1, -0.05) is 6.07 Å². The molecule has 1 aromatic rings. The highest BCUT2D eigenvalue weighted by molar-refractivity contribution is 5.75. The molecule has 0 bridgehead atoms. The molecule has 0 spiro atoms. The fourth-order valence-electron chi connectivity index (χ4n) is 1.69. The summed E-state index contributed by atoms with van der Waals surface area (Å²) < 4.78 is 10.4. The van der Waals surface area contributed by atoms with Crippen LogP contribution in [0.2, 0.25) is 0 Å². The third-order valence-corrected chi connectivity index (χ3v) is 2.48. The molecule has 100 valence electrons. The van der Waals surface area contributed by atoms with Crippen molar-refractivity contribution in [2.45, 2.75) is 33.2 Å². The zero-order valence-corrected chi connectivity index (χ0v) is 11.2. The van der Waals surface area contributed by atoms with E-state index in [1.807, 2.05) is 26.0 Å². The van der Waals surface area contributed by atoms with Crippen LogP contribution in [0.5, 0.6) is 5.75 Å². The summed E-state index contributed by atoms with van der Waals surface area (Å²) >= 11 is 0. The maximum Gasteiger partial charge on any atom is 0.323 e. The predicted octanol–water partition coefficient (Wildman–Crippen LogP) is 1.96. The molecule has 1 unspecified atom stereocenters. The topological polar surface area (TPSA) is 61.5 Å². The first-order chi connectivity index (χ1) is 8.52. The Labute approximate surface area is 108 Å². The molecule has 1 rings (SSSR count). The molecule has 0 aliphatic carbocycles. The lowest BCUT2D eigenvalue weighted by molar-refractivity contribution is -0.145. The van der Waals surface area contributed by atoms with E-state index >= 15 is 0 Å². The summed E-state index contributed by atoms with van der Waals surface area (Å²) in [4.78, 5) is 11.3. The van der Waals surface area contributed by atoms with Gasteiger partial charge in [0.15, 0.2) is 0 Å². The van der Waals surface area contributed by atoms with Crippen molar-refractivity contribution in [2.75, 3.05) is 13.2 Å². The van der Waals surface area contributed by atoms with Crippen molar-refractivity contribution in [3.63, 3.8) is 0 Å². The lowest BCUT2D eigenvalue weighted by Gasteiger charge is -2.12. The van der Waals surface area contributed by atoms with Gasteiger partial charge < -0.3 is 15.2 Å². The number of esters is 1. The molecule has 0 amide bonds. The van der Waals surface area contributed by atoms with Crippen LogP contribution in [0.3, 0.4) is 0 Å². The standard InChI is InChI=1S/C14H21NO3/c1-4-17-14(16)13(15)5-6-18-12-8-10(2)7-11(3)9-12/h7-9,13H,4-6,15H2,1-3H3. The maximum atomic E-state index is 11.3. The molecule has 0 aromatic heterocycles. The molecule has 0 heterocycles. The molecule has 0 radical (unpaired) electrons. The Morgan fingerprint density at radius 3 is 2.44 bits per heavy atom. The molecular formula is C14H21NO3. The van der Waals surface area contributed by atoms with E-state index in [9.17, 15) is 4.79 Å². The van der Waals surface area contributed by atoms with Gasteiger partial charge in [0, 0.05) is 6.42 Å². The Balaban J connectivity index is 2.39. The van der Waals surface area contributed by atoms with E-state index in [-0.39, 0.29) is 5.97 Å². The minimum atomic E-state index is -0.615. The van der Waals surface area contributed by atoms with E-state index in [1.54, 1.807) is 6.92 Å². The highest BCUT2D eigenvalue weighted by Crippen LogP contribution is 2.16. The van der Waals surface area contributed by atoms with Gasteiger partial charge in [-0.2, -0.15) is 0 Å². The summed E-state index contributed by atoms with van der Waals surface area (Å²) in [6.45, 7) is 6.55. The van der Waals surface area contributed by atoms with Crippen LogP contribution >= 0.6 is 0 Å². The van der Waals surface area contributed by atoms with Crippen LogP contribution in [-0.2, 0) is 9.53 Å². The third-order valence-electron chi connectivity index (χ3n) is 2.48. The van der Waals surface area contributed by atoms with Crippen LogP contribution in [0.4, 0.5) is 0 Å². The van der Waals surface area contributed by atoms with Gasteiger partial charge in [0.2, 0.25) is 0 Å². The van der Waals surface area contributed by atoms with Crippen LogP contribution < -0.4 is 10.5 Å². The zero-order valence-electron chi connectivity index (χ0n) is 11.2. The van der Waals surface area contributed by atoms with E-state index in [0.29, 0.717) is 19.6 Å². The molecule has 0 aliphatic rings. The minimum Gasteiger partial charge on any atom is -0.494 e. The number of nitrogens with two attached hydrogens (primary N) is 1. The molecule has 1 aromatic carbocycles. The number of benzene rings is 1. The van der Waals surface area contributed by atoms with Crippen LogP contribution in [0, 0.1) is 13.8 Å². The molecule has 1 atom stereocenters. The normalized spacial score (nSPS) is 12.0. The molecule has 0 saturated heterocycles. The first-order valence-corrected chi connectivity index (χ1v) is 6.16. The Morgan fingerprint density at radius 1 is 1.28 bits per heavy atom. The number of hydrogen-bond acceptors (Lipinski definition) is 4. The molecule has 0 saturated carbocycles. The summed E-state index contributed by atoms with van der Waals surface area (Å²) in [5.41, 5.74) is 7.98. The van der Waals surface area contributed by atoms with E-state index in [4.69, 9.17) is 15.2 Å². The highest BCUT2D eigenvalue weighted by Gasteiger charge is 2.14. The first-order valence-electron chi connectivity index (χ1n) is 6.16. The second-order valence-electron chi connectivity index (χ2n) is 4.32. The predicted molar refractivity (Wildman–Crippen MR) is 70.6 cm³/mol. The fraction of sp³-hybridized carbons (Fsp3) is 0.500. The van der Waals surface area contributed by atoms with Crippen molar-refractivity contribution >= 4 is 5.97 Å². The van der Waals surface area contributed by atoms with Crippen molar-refractivity contribution in [3.8, 4) is 5.75 Å². The van der Waals surface area contributed by atoms with E-state index in [2.05, 4.69) is 6.07 Å². The fourth-order valence-corrected chi connectivity index (χ4v) is 1.69. The monoisotopic (exact) mass is 251 g/mol. The first kappa shape index (κ1) is 14.5. The number of hydrogen-bond donors (Lipinski definition) is 1. The second-order valence-corrected chi connectivity index (χ2v) is 4.32. The maximum absolute atomic E-state index is 11.3. The minimum absolute atomic E-state index is 0.352. The largest absolute Gasteiger partial charge is 0.494 e. The highest BCUT2D eigenvalue weighted by atomic mass is 16.5. The molecule has 0 fully saturated rings. The average molecular weight is 251 g/mol. The number of rotatable bonds is 6. The molecular weight excluding hydrogens is 230 g/mol. The summed E-state index contributed by atoms with van der Waals surface area (Å²) in [6, 6.07) is 5.39. The van der Waals surface area contributed by atoms with Gasteiger partial charge >= 0.3 is 5.97 Å². The van der Waals surface area contributed by atoms with Gasteiger partial charge in [-0.3, -0.25) is 4.79 Å². The molecule has 18 heavy (non-hydrogen) atoms. The molecule has 4 nitrogen and oxygen atoms in total. The number of carbonyl (C=O) groups excluding carboxylic acids is 1. The lowest BCUT2D eigenvalue weighted by atomic mass is 10.1. The Kier molecular flexibility index (Phi) is 5.65. The van der Waals surface area contributed by atoms with Gasteiger partial charge in [-0.25, -0.2) is 0 Å². The zero-order chi connectivity index (χ0) is 13.5. The van der Waals surface area contributed by atoms with Gasteiger partial charge in [0.05, 0.1) is 13.2 Å². The SMILES string of the molecule is CCOC(=O)C(N)CCOc1cc(C)cc(C)c1. The van der Waals surface area contributed by atoms with E-state index in [1.165, 1.54) is 0 Å². The van der Waals surface area contributed by atoms with Crippen molar-refractivity contribution < 1.29 is 14.3 Å². The summed E-state index contributed by atoms with van der Waals surface area (Å²) in [5, 5.41) is 0. The van der Waals surface area contributed by atoms with E-state index < -0.39 is 6.04 Å². The van der Waals surface area contributed by atoms with Crippen molar-refractivity contribution in [1.29, 1.82) is 0 Å². The van der Waals surface area contributed by atoms with Gasteiger partial charge in [-0.15, -0.1) is 0 Å². The van der Waals surface area contributed by atoms with Crippen LogP contribution in [0.1, 0.15) is 24.5 Å². The summed E-state index contributed by atoms with van der Waals surface area (Å²) in [5.74, 6) is 0.435. The van der Waals surface area contributed by atoms with Crippen LogP contribution in [0.15, 0.2) is 18.2 Å². The van der Waals surface area contributed by atoms with Crippen LogP contribution in [0.25, 0.3) is 0 Å². The number of ether oxygens (including phenoxy) is 2. The Bertz CT molecular complexity index is 384. The van der Waals surface area contributed by atoms with Crippen molar-refractivity contribution in [1.82, 2.24) is 0 Å². The second kappa shape index (κ2) is 7.01. The third kappa shape index (κ3) is 4.75. The summed E-state index contributed by atoms with van der Waals surface area (Å²) in [7, 11) is 0. The Hall–Kier alpha value is -1.55. The van der Waals surface area contributed by atoms with Gasteiger partial charge in [0.1, 0.15) is 11.8 Å². The Morgan fingerprint density at radius 2 is 1.89 bits per heavy atom. The van der Waals surface area contributed by atoms with Gasteiger partial charge in [-0.05, 0) is 44.0 Å². The number of carbonyl (C=O) groups is 1. The quantitative estimate of drug-likeness (QED) is 0.785. The molecule has 4 heteroatoms. The van der Waals surface area contributed by atoms with E-state index in [0.717, 1.165) is 16.9 Å². The molecule has 2 N–H and O–H groups in total. The number of aryl methyl sites for hydroxylation is 2. The molecule has 0 aliphatic heterocycles.